The molecule has 3 aromatic rings. The van der Waals surface area contributed by atoms with E-state index in [2.05, 4.69) is 5.32 Å². The summed E-state index contributed by atoms with van der Waals surface area (Å²) in [6, 6.07) is 10.5. The molecule has 1 heterocycles. The summed E-state index contributed by atoms with van der Waals surface area (Å²) in [5, 5.41) is 3.52. The first-order chi connectivity index (χ1) is 13.0. The zero-order valence-corrected chi connectivity index (χ0v) is 15.5. The molecule has 140 valence electrons. The van der Waals surface area contributed by atoms with Crippen molar-refractivity contribution in [3.63, 3.8) is 0 Å². The average Bonchev–Trinajstić information content (AvgIpc) is 3.07. The van der Waals surface area contributed by atoms with Crippen LogP contribution >= 0.6 is 0 Å². The molecule has 0 saturated carbocycles. The maximum Gasteiger partial charge on any atom is 0.257 e. The van der Waals surface area contributed by atoms with Gasteiger partial charge < -0.3 is 19.5 Å². The number of hydrogen-bond acceptors (Lipinski definition) is 5. The summed E-state index contributed by atoms with van der Waals surface area (Å²) in [7, 11) is 4.52. The summed E-state index contributed by atoms with van der Waals surface area (Å²) in [5.41, 5.74) is 1.56. The molecule has 7 heteroatoms. The summed E-state index contributed by atoms with van der Waals surface area (Å²) >= 11 is 0. The topological polar surface area (TPSA) is 78.8 Å². The maximum absolute atomic E-state index is 12.9. The zero-order chi connectivity index (χ0) is 19.6. The number of nitrogens with one attached hydrogen (secondary N) is 1. The fourth-order valence-corrected chi connectivity index (χ4v) is 2.97. The van der Waals surface area contributed by atoms with Gasteiger partial charge in [-0.2, -0.15) is 0 Å². The van der Waals surface area contributed by atoms with Crippen LogP contribution in [0, 0.1) is 0 Å². The Morgan fingerprint density at radius 1 is 0.963 bits per heavy atom. The largest absolute Gasteiger partial charge is 0.493 e. The van der Waals surface area contributed by atoms with Crippen LogP contribution in [0.5, 0.6) is 17.2 Å². The third kappa shape index (κ3) is 3.31. The number of rotatable bonds is 5. The van der Waals surface area contributed by atoms with Gasteiger partial charge in [-0.3, -0.25) is 14.2 Å². The van der Waals surface area contributed by atoms with Gasteiger partial charge in [-0.25, -0.2) is 0 Å². The van der Waals surface area contributed by atoms with Crippen molar-refractivity contribution in [3.8, 4) is 17.2 Å². The average molecular weight is 368 g/mol. The Kier molecular flexibility index (Phi) is 5.03. The Hall–Kier alpha value is -3.48. The number of para-hydroxylation sites is 1. The molecule has 1 amide bonds. The molecule has 0 radical (unpaired) electrons. The minimum absolute atomic E-state index is 0.168. The fraction of sp³-hybridized carbons (Fsp3) is 0.200. The highest BCUT2D eigenvalue weighted by atomic mass is 16.5. The van der Waals surface area contributed by atoms with E-state index in [9.17, 15) is 9.59 Å². The second-order valence-electron chi connectivity index (χ2n) is 5.82. The van der Waals surface area contributed by atoms with Crippen LogP contribution < -0.4 is 19.5 Å². The molecule has 0 bridgehead atoms. The van der Waals surface area contributed by atoms with Gasteiger partial charge in [0, 0.05) is 36.3 Å². The normalized spacial score (nSPS) is 10.5. The minimum atomic E-state index is -0.347. The van der Waals surface area contributed by atoms with Crippen LogP contribution in [0.25, 0.3) is 10.9 Å². The van der Waals surface area contributed by atoms with Gasteiger partial charge in [-0.05, 0) is 6.07 Å². The predicted molar refractivity (Wildman–Crippen MR) is 102 cm³/mol. The van der Waals surface area contributed by atoms with Crippen molar-refractivity contribution >= 4 is 28.4 Å². The molecule has 0 fully saturated rings. The third-order valence-corrected chi connectivity index (χ3v) is 4.22. The van der Waals surface area contributed by atoms with Crippen molar-refractivity contribution in [3.05, 3.63) is 48.2 Å². The van der Waals surface area contributed by atoms with Gasteiger partial charge in [0.15, 0.2) is 11.5 Å². The van der Waals surface area contributed by atoms with E-state index in [-0.39, 0.29) is 11.8 Å². The number of amides is 1. The van der Waals surface area contributed by atoms with Crippen molar-refractivity contribution in [1.29, 1.82) is 0 Å². The summed E-state index contributed by atoms with van der Waals surface area (Å²) in [6.45, 7) is 1.45. The van der Waals surface area contributed by atoms with Crippen molar-refractivity contribution in [1.82, 2.24) is 4.57 Å². The molecule has 1 aromatic heterocycles. The predicted octanol–water partition coefficient (Wildman–Crippen LogP) is 3.58. The lowest BCUT2D eigenvalue weighted by atomic mass is 10.1. The van der Waals surface area contributed by atoms with Gasteiger partial charge in [0.25, 0.3) is 5.91 Å². The molecular formula is C20H20N2O5. The molecule has 7 nitrogen and oxygen atoms in total. The number of benzene rings is 2. The van der Waals surface area contributed by atoms with Crippen molar-refractivity contribution in [2.45, 2.75) is 6.92 Å². The number of methoxy groups -OCH3 is 3. The van der Waals surface area contributed by atoms with E-state index in [1.165, 1.54) is 32.8 Å². The number of nitrogens with zero attached hydrogens (tertiary/aromatic N) is 1. The van der Waals surface area contributed by atoms with Gasteiger partial charge in [0.05, 0.1) is 32.4 Å². The van der Waals surface area contributed by atoms with Gasteiger partial charge in [-0.15, -0.1) is 0 Å². The van der Waals surface area contributed by atoms with Gasteiger partial charge in [0.1, 0.15) is 0 Å². The quantitative estimate of drug-likeness (QED) is 0.745. The fourth-order valence-electron chi connectivity index (χ4n) is 2.97. The van der Waals surface area contributed by atoms with Crippen LogP contribution in [-0.4, -0.2) is 37.7 Å². The first-order valence-corrected chi connectivity index (χ1v) is 8.22. The highest BCUT2D eigenvalue weighted by Gasteiger charge is 2.19. The molecule has 2 aromatic carbocycles. The number of anilines is 1. The van der Waals surface area contributed by atoms with Crippen LogP contribution in [0.3, 0.4) is 0 Å². The lowest BCUT2D eigenvalue weighted by molar-refractivity contribution is 0.0941. The van der Waals surface area contributed by atoms with Crippen LogP contribution in [0.4, 0.5) is 5.69 Å². The monoisotopic (exact) mass is 368 g/mol. The number of aromatic nitrogens is 1. The summed E-state index contributed by atoms with van der Waals surface area (Å²) in [4.78, 5) is 24.7. The Labute approximate surface area is 156 Å². The molecular weight excluding hydrogens is 348 g/mol. The van der Waals surface area contributed by atoms with E-state index in [0.717, 1.165) is 0 Å². The second-order valence-corrected chi connectivity index (χ2v) is 5.82. The first kappa shape index (κ1) is 18.3. The van der Waals surface area contributed by atoms with Crippen LogP contribution in [0.15, 0.2) is 42.6 Å². The standard InChI is InChI=1S/C20H20N2O5/c1-12(23)22-11-15(14-7-5-6-8-16(14)22)20(24)21-13-9-17(25-2)19(27-4)18(10-13)26-3/h5-11H,1-4H3,(H,21,24). The molecule has 1 N–H and O–H groups in total. The number of hydrogen-bond donors (Lipinski definition) is 1. The van der Waals surface area contributed by atoms with E-state index in [1.54, 1.807) is 30.5 Å². The maximum atomic E-state index is 12.9. The SMILES string of the molecule is COc1cc(NC(=O)c2cn(C(C)=O)c3ccccc23)cc(OC)c1OC. The molecule has 27 heavy (non-hydrogen) atoms. The summed E-state index contributed by atoms with van der Waals surface area (Å²) in [6.07, 6.45) is 1.54. The van der Waals surface area contributed by atoms with E-state index in [1.807, 2.05) is 12.1 Å². The first-order valence-electron chi connectivity index (χ1n) is 8.22. The van der Waals surface area contributed by atoms with E-state index >= 15 is 0 Å². The number of fused-ring (bicyclic) bond motifs is 1. The van der Waals surface area contributed by atoms with Crippen LogP contribution in [0.2, 0.25) is 0 Å². The molecule has 0 spiro atoms. The molecule has 0 unspecified atom stereocenters. The second kappa shape index (κ2) is 7.41. The number of ether oxygens (including phenoxy) is 3. The highest BCUT2D eigenvalue weighted by molar-refractivity contribution is 6.14. The molecule has 0 atom stereocenters. The Bertz CT molecular complexity index is 997. The zero-order valence-electron chi connectivity index (χ0n) is 15.5. The molecule has 0 saturated heterocycles. The lowest BCUT2D eigenvalue weighted by Crippen LogP contribution is -2.12. The van der Waals surface area contributed by atoms with Crippen LogP contribution in [0.1, 0.15) is 22.1 Å². The molecule has 3 rings (SSSR count). The Morgan fingerprint density at radius 3 is 2.15 bits per heavy atom. The van der Waals surface area contributed by atoms with Crippen LogP contribution in [-0.2, 0) is 0 Å². The summed E-state index contributed by atoms with van der Waals surface area (Å²) in [5.74, 6) is 0.779. The van der Waals surface area contributed by atoms with Gasteiger partial charge in [0.2, 0.25) is 11.7 Å². The number of carbonyl (C=O) groups is 2. The van der Waals surface area contributed by atoms with Gasteiger partial charge in [-0.1, -0.05) is 18.2 Å². The lowest BCUT2D eigenvalue weighted by Gasteiger charge is -2.14. The number of carbonyl (C=O) groups excluding carboxylic acids is 2. The van der Waals surface area contributed by atoms with Crippen molar-refractivity contribution < 1.29 is 23.8 Å². The highest BCUT2D eigenvalue weighted by Crippen LogP contribution is 2.40. The minimum Gasteiger partial charge on any atom is -0.493 e. The van der Waals surface area contributed by atoms with E-state index in [4.69, 9.17) is 14.2 Å². The Morgan fingerprint density at radius 2 is 1.59 bits per heavy atom. The van der Waals surface area contributed by atoms with Crippen molar-refractivity contribution in [2.75, 3.05) is 26.6 Å². The smallest absolute Gasteiger partial charge is 0.257 e. The van der Waals surface area contributed by atoms with Gasteiger partial charge >= 0.3 is 0 Å². The summed E-state index contributed by atoms with van der Waals surface area (Å²) < 4.78 is 17.4. The van der Waals surface area contributed by atoms with E-state index in [0.29, 0.717) is 39.4 Å². The Balaban J connectivity index is 2.01. The molecule has 0 aliphatic rings. The molecule has 0 aliphatic heterocycles. The van der Waals surface area contributed by atoms with E-state index < -0.39 is 0 Å². The third-order valence-electron chi connectivity index (χ3n) is 4.22. The van der Waals surface area contributed by atoms with Crippen molar-refractivity contribution in [2.24, 2.45) is 0 Å². The molecule has 0 aliphatic carbocycles.